The van der Waals surface area contributed by atoms with Crippen LogP contribution in [0.5, 0.6) is 0 Å². The Balaban J connectivity index is 0.000000137. The fourth-order valence-electron chi connectivity index (χ4n) is 9.40. The summed E-state index contributed by atoms with van der Waals surface area (Å²) >= 11 is 0.377. The van der Waals surface area contributed by atoms with Crippen LogP contribution in [0, 0.1) is 0 Å². The van der Waals surface area contributed by atoms with Gasteiger partial charge >= 0.3 is 430 Å². The predicted molar refractivity (Wildman–Crippen MR) is 285 cm³/mol. The molecule has 70 heavy (non-hydrogen) atoms. The van der Waals surface area contributed by atoms with E-state index in [1.807, 2.05) is 97.2 Å². The Hall–Kier alpha value is -6.99. The zero-order chi connectivity index (χ0) is 47.0. The molecular formula is C59H33N3O4Se4. The number of anilines is 6. The SMILES string of the molecule is O=C1C(=Cc2ccc(N3c4ccccc4[Se]c4ccccc43)[se]2)C(=O)c2cc3ccccc3cc21.O=C1C(=Cc2ccc(N3c4ccccc4[Se]c4cccnc43)[se]2)C(=O)c2cc3ccccc3cc21. The van der Waals surface area contributed by atoms with Crippen molar-refractivity contribution in [2.24, 2.45) is 0 Å². The first kappa shape index (κ1) is 43.1. The van der Waals surface area contributed by atoms with E-state index in [2.05, 4.69) is 107 Å². The van der Waals surface area contributed by atoms with Crippen LogP contribution in [0.25, 0.3) is 33.7 Å². The van der Waals surface area contributed by atoms with E-state index in [0.717, 1.165) is 40.8 Å². The molecule has 332 valence electrons. The molecule has 0 saturated heterocycles. The molecule has 2 aliphatic heterocycles. The Morgan fingerprint density at radius 2 is 0.729 bits per heavy atom. The number of carbonyl (C=O) groups excluding carboxylic acids is 4. The number of pyridine rings is 1. The van der Waals surface area contributed by atoms with Gasteiger partial charge in [-0.1, -0.05) is 0 Å². The van der Waals surface area contributed by atoms with Crippen molar-refractivity contribution < 1.29 is 19.2 Å². The van der Waals surface area contributed by atoms with Crippen LogP contribution in [0.4, 0.5) is 32.0 Å². The Bertz CT molecular complexity index is 3520. The van der Waals surface area contributed by atoms with E-state index >= 15 is 0 Å². The normalized spacial score (nSPS) is 14.2. The van der Waals surface area contributed by atoms with Gasteiger partial charge in [0.15, 0.2) is 0 Å². The fourth-order valence-corrected chi connectivity index (χ4v) is 17.9. The molecule has 0 saturated carbocycles. The van der Waals surface area contributed by atoms with E-state index in [4.69, 9.17) is 4.98 Å². The number of para-hydroxylation sites is 3. The molecular weight excluding hydrogens is 1130 g/mol. The van der Waals surface area contributed by atoms with Crippen molar-refractivity contribution in [3.05, 3.63) is 230 Å². The van der Waals surface area contributed by atoms with Gasteiger partial charge in [0.1, 0.15) is 0 Å². The number of nitrogens with zero attached hydrogens (tertiary/aromatic N) is 3. The molecule has 5 heterocycles. The van der Waals surface area contributed by atoms with Crippen molar-refractivity contribution in [2.75, 3.05) is 9.80 Å². The summed E-state index contributed by atoms with van der Waals surface area (Å²) in [5.41, 5.74) is 6.21. The van der Waals surface area contributed by atoms with E-state index in [0.29, 0.717) is 22.3 Å². The zero-order valence-corrected chi connectivity index (χ0v) is 43.5. The van der Waals surface area contributed by atoms with Crippen LogP contribution >= 0.6 is 0 Å². The van der Waals surface area contributed by atoms with Gasteiger partial charge in [-0.25, -0.2) is 0 Å². The van der Waals surface area contributed by atoms with E-state index in [1.165, 1.54) is 39.5 Å². The number of aromatic nitrogens is 1. The molecule has 3 aromatic heterocycles. The molecule has 7 aromatic carbocycles. The third kappa shape index (κ3) is 7.34. The van der Waals surface area contributed by atoms with E-state index < -0.39 is 0 Å². The molecule has 0 radical (unpaired) electrons. The van der Waals surface area contributed by atoms with Gasteiger partial charge in [-0.3, -0.25) is 0 Å². The van der Waals surface area contributed by atoms with Gasteiger partial charge in [0.2, 0.25) is 0 Å². The molecule has 7 nitrogen and oxygen atoms in total. The molecule has 2 aliphatic carbocycles. The van der Waals surface area contributed by atoms with Gasteiger partial charge in [0.05, 0.1) is 0 Å². The molecule has 0 N–H and O–H groups in total. The minimum atomic E-state index is -0.182. The van der Waals surface area contributed by atoms with Gasteiger partial charge in [0, 0.05) is 0 Å². The van der Waals surface area contributed by atoms with Crippen LogP contribution < -0.4 is 27.6 Å². The third-order valence-corrected chi connectivity index (χ3v) is 21.6. The first-order valence-electron chi connectivity index (χ1n) is 22.4. The quantitative estimate of drug-likeness (QED) is 0.0989. The van der Waals surface area contributed by atoms with Gasteiger partial charge in [0.25, 0.3) is 0 Å². The van der Waals surface area contributed by atoms with Gasteiger partial charge < -0.3 is 0 Å². The number of allylic oxidation sites excluding steroid dienone is 2. The van der Waals surface area contributed by atoms with Crippen molar-refractivity contribution in [1.82, 2.24) is 4.98 Å². The Morgan fingerprint density at radius 1 is 0.371 bits per heavy atom. The van der Waals surface area contributed by atoms with Crippen molar-refractivity contribution in [3.63, 3.8) is 0 Å². The topological polar surface area (TPSA) is 87.7 Å². The molecule has 0 atom stereocenters. The average Bonchev–Trinajstić information content (AvgIpc) is 4.17. The Morgan fingerprint density at radius 3 is 1.17 bits per heavy atom. The van der Waals surface area contributed by atoms with Crippen LogP contribution in [0.15, 0.2) is 199 Å². The number of rotatable bonds is 4. The second-order valence-electron chi connectivity index (χ2n) is 16.9. The molecule has 10 aromatic rings. The van der Waals surface area contributed by atoms with Crippen LogP contribution in [0.3, 0.4) is 0 Å². The fraction of sp³-hybridized carbons (Fsp3) is 0. The maximum atomic E-state index is 13.2. The summed E-state index contributed by atoms with van der Waals surface area (Å²) in [6, 6.07) is 61.2. The van der Waals surface area contributed by atoms with Crippen LogP contribution in [-0.2, 0) is 0 Å². The van der Waals surface area contributed by atoms with Gasteiger partial charge in [-0.2, -0.15) is 0 Å². The number of carbonyl (C=O) groups is 4. The van der Waals surface area contributed by atoms with Gasteiger partial charge in [-0.05, 0) is 0 Å². The average molecular weight is 1160 g/mol. The maximum absolute atomic E-state index is 13.2. The van der Waals surface area contributed by atoms with Crippen molar-refractivity contribution in [3.8, 4) is 0 Å². The van der Waals surface area contributed by atoms with Crippen molar-refractivity contribution in [1.29, 1.82) is 0 Å². The zero-order valence-electron chi connectivity index (χ0n) is 36.7. The van der Waals surface area contributed by atoms with Crippen LogP contribution in [0.1, 0.15) is 50.3 Å². The van der Waals surface area contributed by atoms with Crippen LogP contribution in [0.2, 0.25) is 0 Å². The molecule has 0 spiro atoms. The summed E-state index contributed by atoms with van der Waals surface area (Å²) in [7, 11) is 0. The number of fused-ring (bicyclic) bond motifs is 8. The van der Waals surface area contributed by atoms with E-state index in [9.17, 15) is 19.2 Å². The molecule has 0 unspecified atom stereocenters. The molecule has 0 amide bonds. The summed E-state index contributed by atoms with van der Waals surface area (Å²) < 4.78 is 9.71. The molecule has 0 fully saturated rings. The van der Waals surface area contributed by atoms with Crippen molar-refractivity contribution in [2.45, 2.75) is 0 Å². The molecule has 11 heteroatoms. The summed E-state index contributed by atoms with van der Waals surface area (Å²) in [6.45, 7) is 0. The first-order valence-corrected chi connectivity index (χ1v) is 29.3. The van der Waals surface area contributed by atoms with Crippen molar-refractivity contribution >= 4 is 166 Å². The van der Waals surface area contributed by atoms with Gasteiger partial charge in [-0.15, -0.1) is 0 Å². The number of hydrogen-bond donors (Lipinski definition) is 0. The number of Topliss-reactive ketones (excluding diaryl/α,β-unsaturated/α-hetero) is 4. The van der Waals surface area contributed by atoms with Crippen LogP contribution in [-0.4, -0.2) is 87.0 Å². The number of ketones is 4. The Kier molecular flexibility index (Phi) is 10.7. The predicted octanol–water partition coefficient (Wildman–Crippen LogP) is 8.99. The first-order chi connectivity index (χ1) is 34.3. The molecule has 0 bridgehead atoms. The van der Waals surface area contributed by atoms with E-state index in [1.54, 1.807) is 6.08 Å². The summed E-state index contributed by atoms with van der Waals surface area (Å²) in [5.74, 6) is 0.279. The minimum absolute atomic E-state index is 0.0301. The molecule has 14 rings (SSSR count). The van der Waals surface area contributed by atoms with E-state index in [-0.39, 0.29) is 93.2 Å². The monoisotopic (exact) mass is 1170 g/mol. The second kappa shape index (κ2) is 17.4. The molecule has 4 aliphatic rings. The number of benzene rings is 7. The summed E-state index contributed by atoms with van der Waals surface area (Å²) in [6.07, 6.45) is 5.47. The third-order valence-electron chi connectivity index (χ3n) is 12.7. The second-order valence-corrected chi connectivity index (χ2v) is 26.0. The Labute approximate surface area is 426 Å². The standard InChI is InChI=1S/C30H17NO2Se2.C29H16N2O2Se2/c32-29-21-15-18-7-1-2-8-19(18)16-22(21)30(33)23(29)17-20-13-14-28(34-20)31-24-9-3-5-11-26(24)35-27-12-6-4-10-25(27)31;32-27-20-14-17-6-1-2-7-18(17)15-21(20)28(33)22(27)16-19-11-12-26(34-19)31-23-8-3-4-9-24(23)35-25-10-5-13-30-29(25)31/h1-17H;1-16H. The summed E-state index contributed by atoms with van der Waals surface area (Å²) in [5, 5.41) is 3.90. The number of hydrogen-bond acceptors (Lipinski definition) is 7. The summed E-state index contributed by atoms with van der Waals surface area (Å²) in [4.78, 5) is 62.2.